The van der Waals surface area contributed by atoms with Gasteiger partial charge in [0, 0.05) is 0 Å². The molecule has 0 unspecified atom stereocenters. The Kier molecular flexibility index (Phi) is 4.85. The number of hydrogen-bond donors (Lipinski definition) is 1. The first kappa shape index (κ1) is 5.92. The van der Waals surface area contributed by atoms with Crippen LogP contribution < -0.4 is 5.32 Å². The van der Waals surface area contributed by atoms with E-state index >= 15 is 0 Å². The highest BCUT2D eigenvalue weighted by Crippen LogP contribution is 1.60. The largest absolute Gasteiger partial charge is 0.302 e. The van der Waals surface area contributed by atoms with Gasteiger partial charge in [-0.05, 0) is 0 Å². The second-order valence-corrected chi connectivity index (χ2v) is 1.02. The van der Waals surface area contributed by atoms with E-state index in [4.69, 9.17) is 11.6 Å². The summed E-state index contributed by atoms with van der Waals surface area (Å²) >= 11 is 5.11. The van der Waals surface area contributed by atoms with Crippen LogP contribution in [0.15, 0.2) is 0 Å². The summed E-state index contributed by atoms with van der Waals surface area (Å²) in [5, 5.41) is 2.60. The fourth-order valence-electron chi connectivity index (χ4n) is 0.113. The topological polar surface area (TPSA) is 29.1 Å². The molecule has 36 valence electrons. The zero-order chi connectivity index (χ0) is 4.83. The van der Waals surface area contributed by atoms with Crippen LogP contribution in [0.1, 0.15) is 0 Å². The normalized spacial score (nSPS) is 8.17. The van der Waals surface area contributed by atoms with Crippen LogP contribution >= 0.6 is 11.6 Å². The molecule has 0 rings (SSSR count). The Balaban J connectivity index is 2.49. The van der Waals surface area contributed by atoms with Crippen LogP contribution in [0.3, 0.4) is 0 Å². The average Bonchev–Trinajstić information content (AvgIpc) is 1.61. The summed E-state index contributed by atoms with van der Waals surface area (Å²) in [5.74, 6) is 0. The van der Waals surface area contributed by atoms with E-state index in [0.717, 1.165) is 6.29 Å². The molecule has 0 radical (unpaired) electrons. The third kappa shape index (κ3) is 3.92. The summed E-state index contributed by atoms with van der Waals surface area (Å²) in [7, 11) is 0. The molecule has 0 aliphatic carbocycles. The van der Waals surface area contributed by atoms with Crippen LogP contribution in [0.25, 0.3) is 0 Å². The molecule has 0 saturated heterocycles. The Morgan fingerprint density at radius 1 is 1.83 bits per heavy atom. The van der Waals surface area contributed by atoms with Gasteiger partial charge in [0.05, 0.1) is 12.5 Å². The van der Waals surface area contributed by atoms with E-state index in [-0.39, 0.29) is 0 Å². The predicted octanol–water partition coefficient (Wildman–Crippen LogP) is -0.0288. The average molecular weight is 108 g/mol. The molecule has 6 heavy (non-hydrogen) atoms. The van der Waals surface area contributed by atoms with Gasteiger partial charge >= 0.3 is 0 Å². The van der Waals surface area contributed by atoms with E-state index in [9.17, 15) is 4.79 Å². The van der Waals surface area contributed by atoms with Crippen molar-refractivity contribution in [2.45, 2.75) is 0 Å². The molecule has 0 aliphatic heterocycles. The van der Waals surface area contributed by atoms with E-state index < -0.39 is 0 Å². The molecular formula is C3H6ClNO. The molecule has 0 fully saturated rings. The Morgan fingerprint density at radius 3 is 2.67 bits per heavy atom. The van der Waals surface area contributed by atoms with Crippen LogP contribution in [0.2, 0.25) is 0 Å². The minimum absolute atomic E-state index is 0.346. The molecule has 0 heterocycles. The number of carbonyl (C=O) groups excluding carboxylic acids is 1. The van der Waals surface area contributed by atoms with E-state index in [2.05, 4.69) is 5.32 Å². The second kappa shape index (κ2) is 4.92. The standard InChI is InChI=1S/C3H6ClNO/c4-3-5-1-2-6/h2,5H,1,3H2. The van der Waals surface area contributed by atoms with Crippen LogP contribution in [0, 0.1) is 0 Å². The van der Waals surface area contributed by atoms with Crippen molar-refractivity contribution in [2.75, 3.05) is 12.5 Å². The fraction of sp³-hybridized carbons (Fsp3) is 0.667. The summed E-state index contributed by atoms with van der Waals surface area (Å²) < 4.78 is 0. The first-order valence-electron chi connectivity index (χ1n) is 1.62. The zero-order valence-corrected chi connectivity index (χ0v) is 4.03. The van der Waals surface area contributed by atoms with E-state index in [1.165, 1.54) is 0 Å². The fourth-order valence-corrected chi connectivity index (χ4v) is 0.223. The van der Waals surface area contributed by atoms with Crippen LogP contribution in [0.5, 0.6) is 0 Å². The highest BCUT2D eigenvalue weighted by Gasteiger charge is 1.72. The lowest BCUT2D eigenvalue weighted by atomic mass is 10.7. The predicted molar refractivity (Wildman–Crippen MR) is 24.8 cm³/mol. The first-order chi connectivity index (χ1) is 2.91. The molecule has 0 aromatic carbocycles. The van der Waals surface area contributed by atoms with Crippen LogP contribution in [-0.2, 0) is 4.79 Å². The summed E-state index contributed by atoms with van der Waals surface area (Å²) in [6.07, 6.45) is 0.766. The number of hydrogen-bond acceptors (Lipinski definition) is 2. The van der Waals surface area contributed by atoms with Crippen molar-refractivity contribution in [1.29, 1.82) is 0 Å². The minimum atomic E-state index is 0.346. The van der Waals surface area contributed by atoms with Crippen molar-refractivity contribution in [3.05, 3.63) is 0 Å². The zero-order valence-electron chi connectivity index (χ0n) is 3.28. The lowest BCUT2D eigenvalue weighted by Crippen LogP contribution is -2.12. The number of halogens is 1. The highest BCUT2D eigenvalue weighted by molar-refractivity contribution is 6.17. The van der Waals surface area contributed by atoms with Crippen LogP contribution in [0.4, 0.5) is 0 Å². The van der Waals surface area contributed by atoms with Gasteiger partial charge in [0.15, 0.2) is 0 Å². The first-order valence-corrected chi connectivity index (χ1v) is 2.15. The maximum atomic E-state index is 9.44. The molecule has 0 spiro atoms. The van der Waals surface area contributed by atoms with Gasteiger partial charge in [-0.15, -0.1) is 11.6 Å². The monoisotopic (exact) mass is 107 g/mol. The Labute approximate surface area is 41.5 Å². The third-order valence-corrected chi connectivity index (χ3v) is 0.511. The van der Waals surface area contributed by atoms with Crippen molar-refractivity contribution in [1.82, 2.24) is 5.32 Å². The van der Waals surface area contributed by atoms with Gasteiger partial charge in [-0.2, -0.15) is 0 Å². The number of aldehydes is 1. The maximum Gasteiger partial charge on any atom is 0.133 e. The smallest absolute Gasteiger partial charge is 0.133 e. The van der Waals surface area contributed by atoms with Crippen molar-refractivity contribution in [3.8, 4) is 0 Å². The number of nitrogens with one attached hydrogen (secondary N) is 1. The summed E-state index contributed by atoms with van der Waals surface area (Å²) in [5.41, 5.74) is 0. The van der Waals surface area contributed by atoms with Gasteiger partial charge in [0.1, 0.15) is 6.29 Å². The van der Waals surface area contributed by atoms with Crippen molar-refractivity contribution >= 4 is 17.9 Å². The molecule has 0 amide bonds. The van der Waals surface area contributed by atoms with Gasteiger partial charge in [0.25, 0.3) is 0 Å². The molecule has 2 nitrogen and oxygen atoms in total. The van der Waals surface area contributed by atoms with Gasteiger partial charge in [-0.25, -0.2) is 0 Å². The minimum Gasteiger partial charge on any atom is -0.302 e. The highest BCUT2D eigenvalue weighted by atomic mass is 35.5. The second-order valence-electron chi connectivity index (χ2n) is 0.754. The molecule has 1 N–H and O–H groups in total. The Bertz CT molecular complexity index is 39.8. The molecule has 3 heteroatoms. The summed E-state index contributed by atoms with van der Waals surface area (Å²) in [6, 6.07) is 0.346. The summed E-state index contributed by atoms with van der Waals surface area (Å²) in [6.45, 7) is 0.351. The molecule has 0 aromatic heterocycles. The molecule has 0 bridgehead atoms. The molecule has 0 aliphatic rings. The van der Waals surface area contributed by atoms with Crippen molar-refractivity contribution < 1.29 is 4.79 Å². The van der Waals surface area contributed by atoms with Gasteiger partial charge in [-0.1, -0.05) is 0 Å². The van der Waals surface area contributed by atoms with E-state index in [1.807, 2.05) is 0 Å². The van der Waals surface area contributed by atoms with E-state index in [0.29, 0.717) is 12.5 Å². The molecular weight excluding hydrogens is 101 g/mol. The lowest BCUT2D eigenvalue weighted by molar-refractivity contribution is -0.107. The SMILES string of the molecule is O=CCNCCl. The Morgan fingerprint density at radius 2 is 2.50 bits per heavy atom. The van der Waals surface area contributed by atoms with Crippen molar-refractivity contribution in [3.63, 3.8) is 0 Å². The number of rotatable bonds is 3. The summed E-state index contributed by atoms with van der Waals surface area (Å²) in [4.78, 5) is 9.44. The number of alkyl halides is 1. The molecule has 0 saturated carbocycles. The van der Waals surface area contributed by atoms with Crippen molar-refractivity contribution in [2.24, 2.45) is 0 Å². The maximum absolute atomic E-state index is 9.44. The lowest BCUT2D eigenvalue weighted by Gasteiger charge is -1.83. The van der Waals surface area contributed by atoms with Gasteiger partial charge in [0.2, 0.25) is 0 Å². The molecule has 0 atom stereocenters. The number of carbonyl (C=O) groups is 1. The molecule has 0 aromatic rings. The van der Waals surface area contributed by atoms with E-state index in [1.54, 1.807) is 0 Å². The van der Waals surface area contributed by atoms with Gasteiger partial charge in [-0.3, -0.25) is 5.32 Å². The van der Waals surface area contributed by atoms with Gasteiger partial charge < -0.3 is 4.79 Å². The quantitative estimate of drug-likeness (QED) is 0.238. The van der Waals surface area contributed by atoms with Crippen LogP contribution in [-0.4, -0.2) is 18.8 Å². The Hall–Kier alpha value is -0.0800. The third-order valence-electron chi connectivity index (χ3n) is 0.322.